The zero-order valence-corrected chi connectivity index (χ0v) is 19.3. The predicted molar refractivity (Wildman–Crippen MR) is 135 cm³/mol. The Morgan fingerprint density at radius 1 is 0.919 bits per heavy atom. The Bertz CT molecular complexity index is 1470. The second-order valence-electron chi connectivity index (χ2n) is 7.78. The van der Waals surface area contributed by atoms with E-state index < -0.39 is 30.2 Å². The molecule has 0 saturated carbocycles. The topological polar surface area (TPSA) is 71.9 Å². The minimum absolute atomic E-state index is 0.126. The number of hydrazone groups is 1. The van der Waals surface area contributed by atoms with E-state index in [0.29, 0.717) is 11.3 Å². The Morgan fingerprint density at radius 3 is 2.46 bits per heavy atom. The van der Waals surface area contributed by atoms with Gasteiger partial charge in [-0.2, -0.15) is 23.3 Å². The first-order valence-electron chi connectivity index (χ1n) is 11.1. The standard InChI is InChI=1S/C28H20F3N3O3/c29-28(30,31)22-10-6-11-24(17-22)34(32-18-20-7-2-1-3-8-20)26(35)19-37-27(36)16-15-23-14-13-21-9-4-5-12-25(21)33-23/h1-18H,19H2. The highest BCUT2D eigenvalue weighted by Gasteiger charge is 2.31. The Balaban J connectivity index is 1.48. The number of esters is 1. The van der Waals surface area contributed by atoms with Crippen LogP contribution in [0.1, 0.15) is 16.8 Å². The first kappa shape index (κ1) is 25.3. The van der Waals surface area contributed by atoms with Crippen molar-refractivity contribution >= 4 is 40.8 Å². The Labute approximate surface area is 210 Å². The van der Waals surface area contributed by atoms with Gasteiger partial charge in [-0.3, -0.25) is 4.79 Å². The zero-order valence-electron chi connectivity index (χ0n) is 19.3. The molecular weight excluding hydrogens is 483 g/mol. The van der Waals surface area contributed by atoms with Crippen molar-refractivity contribution < 1.29 is 27.5 Å². The monoisotopic (exact) mass is 503 g/mol. The first-order chi connectivity index (χ1) is 17.8. The van der Waals surface area contributed by atoms with Crippen LogP contribution in [0.25, 0.3) is 17.0 Å². The minimum atomic E-state index is -4.61. The van der Waals surface area contributed by atoms with Gasteiger partial charge in [-0.1, -0.05) is 60.7 Å². The number of alkyl halides is 3. The van der Waals surface area contributed by atoms with Gasteiger partial charge in [0.15, 0.2) is 6.61 Å². The van der Waals surface area contributed by atoms with E-state index in [1.54, 1.807) is 36.4 Å². The fourth-order valence-electron chi connectivity index (χ4n) is 3.32. The molecule has 0 N–H and O–H groups in total. The summed E-state index contributed by atoms with van der Waals surface area (Å²) in [4.78, 5) is 29.5. The molecule has 4 aromatic rings. The molecule has 37 heavy (non-hydrogen) atoms. The summed E-state index contributed by atoms with van der Waals surface area (Å²) in [5, 5.41) is 5.77. The molecule has 0 spiro atoms. The molecule has 4 rings (SSSR count). The van der Waals surface area contributed by atoms with Crippen molar-refractivity contribution in [2.45, 2.75) is 6.18 Å². The molecule has 1 amide bonds. The van der Waals surface area contributed by atoms with Gasteiger partial charge in [0.05, 0.1) is 28.7 Å². The van der Waals surface area contributed by atoms with Gasteiger partial charge < -0.3 is 4.74 Å². The molecule has 0 aliphatic rings. The number of anilines is 1. The van der Waals surface area contributed by atoms with E-state index in [2.05, 4.69) is 10.1 Å². The summed E-state index contributed by atoms with van der Waals surface area (Å²) in [6.45, 7) is -0.739. The maximum absolute atomic E-state index is 13.2. The van der Waals surface area contributed by atoms with Crippen molar-refractivity contribution in [3.8, 4) is 0 Å². The number of para-hydroxylation sites is 1. The van der Waals surface area contributed by atoms with E-state index in [9.17, 15) is 22.8 Å². The maximum Gasteiger partial charge on any atom is 0.416 e. The van der Waals surface area contributed by atoms with Gasteiger partial charge in [0.1, 0.15) is 0 Å². The predicted octanol–water partition coefficient (Wildman–Crippen LogP) is 5.88. The molecule has 0 bridgehead atoms. The molecule has 1 aromatic heterocycles. The van der Waals surface area contributed by atoms with Crippen LogP contribution in [0.2, 0.25) is 0 Å². The third kappa shape index (κ3) is 6.88. The van der Waals surface area contributed by atoms with Gasteiger partial charge in [-0.25, -0.2) is 9.78 Å². The summed E-state index contributed by atoms with van der Waals surface area (Å²) in [5.41, 5.74) is 0.816. The van der Waals surface area contributed by atoms with Crippen LogP contribution < -0.4 is 5.01 Å². The van der Waals surface area contributed by atoms with Crippen LogP contribution in [0, 0.1) is 0 Å². The molecule has 1 heterocycles. The van der Waals surface area contributed by atoms with Gasteiger partial charge in [-0.05, 0) is 42.0 Å². The van der Waals surface area contributed by atoms with Crippen LogP contribution in [-0.4, -0.2) is 29.7 Å². The summed E-state index contributed by atoms with van der Waals surface area (Å²) >= 11 is 0. The highest BCUT2D eigenvalue weighted by Crippen LogP contribution is 2.31. The number of carbonyl (C=O) groups is 2. The van der Waals surface area contributed by atoms with Crippen molar-refractivity contribution in [1.29, 1.82) is 0 Å². The quantitative estimate of drug-likeness (QED) is 0.137. The number of nitrogens with zero attached hydrogens (tertiary/aromatic N) is 3. The van der Waals surface area contributed by atoms with Crippen molar-refractivity contribution in [2.24, 2.45) is 5.10 Å². The van der Waals surface area contributed by atoms with E-state index in [0.717, 1.165) is 34.1 Å². The van der Waals surface area contributed by atoms with Crippen LogP contribution in [0.15, 0.2) is 102 Å². The summed E-state index contributed by atoms with van der Waals surface area (Å²) < 4.78 is 44.7. The third-order valence-corrected chi connectivity index (χ3v) is 5.12. The van der Waals surface area contributed by atoms with E-state index in [1.807, 2.05) is 30.3 Å². The van der Waals surface area contributed by atoms with Crippen LogP contribution in [0.3, 0.4) is 0 Å². The summed E-state index contributed by atoms with van der Waals surface area (Å²) in [7, 11) is 0. The number of benzene rings is 3. The van der Waals surface area contributed by atoms with Crippen molar-refractivity contribution in [1.82, 2.24) is 4.98 Å². The smallest absolute Gasteiger partial charge is 0.416 e. The number of hydrogen-bond donors (Lipinski definition) is 0. The van der Waals surface area contributed by atoms with Gasteiger partial charge in [-0.15, -0.1) is 0 Å². The minimum Gasteiger partial charge on any atom is -0.452 e. The van der Waals surface area contributed by atoms with E-state index >= 15 is 0 Å². The van der Waals surface area contributed by atoms with Crippen molar-refractivity contribution in [3.63, 3.8) is 0 Å². The zero-order chi connectivity index (χ0) is 26.3. The second kappa shape index (κ2) is 11.3. The van der Waals surface area contributed by atoms with E-state index in [1.165, 1.54) is 24.4 Å². The molecule has 0 saturated heterocycles. The molecule has 0 unspecified atom stereocenters. The molecule has 9 heteroatoms. The number of aromatic nitrogens is 1. The van der Waals surface area contributed by atoms with Gasteiger partial charge >= 0.3 is 12.1 Å². The average molecular weight is 503 g/mol. The van der Waals surface area contributed by atoms with Crippen LogP contribution in [0.5, 0.6) is 0 Å². The lowest BCUT2D eigenvalue weighted by atomic mass is 10.2. The average Bonchev–Trinajstić information content (AvgIpc) is 2.91. The lowest BCUT2D eigenvalue weighted by Crippen LogP contribution is -2.30. The Morgan fingerprint density at radius 2 is 1.68 bits per heavy atom. The Kier molecular flexibility index (Phi) is 7.73. The number of carbonyl (C=O) groups excluding carboxylic acids is 2. The molecule has 0 atom stereocenters. The van der Waals surface area contributed by atoms with Gasteiger partial charge in [0.25, 0.3) is 5.91 Å². The lowest BCUT2D eigenvalue weighted by molar-refractivity contribution is -0.142. The number of fused-ring (bicyclic) bond motifs is 1. The SMILES string of the molecule is O=C(C=Cc1ccc2ccccc2n1)OCC(=O)N(N=Cc1ccccc1)c1cccc(C(F)(F)F)c1. The number of amides is 1. The second-order valence-corrected chi connectivity index (χ2v) is 7.78. The lowest BCUT2D eigenvalue weighted by Gasteiger charge is -2.18. The maximum atomic E-state index is 13.2. The molecule has 0 aliphatic heterocycles. The van der Waals surface area contributed by atoms with Crippen LogP contribution >= 0.6 is 0 Å². The molecule has 0 aliphatic carbocycles. The Hall–Kier alpha value is -4.79. The molecule has 186 valence electrons. The van der Waals surface area contributed by atoms with Crippen LogP contribution in [-0.2, 0) is 20.5 Å². The van der Waals surface area contributed by atoms with Gasteiger partial charge in [0, 0.05) is 11.5 Å². The normalized spacial score (nSPS) is 11.8. The fourth-order valence-corrected chi connectivity index (χ4v) is 3.32. The highest BCUT2D eigenvalue weighted by molar-refractivity contribution is 5.97. The summed E-state index contributed by atoms with van der Waals surface area (Å²) in [5.74, 6) is -1.66. The number of pyridine rings is 1. The first-order valence-corrected chi connectivity index (χ1v) is 11.1. The third-order valence-electron chi connectivity index (χ3n) is 5.12. The number of rotatable bonds is 7. The van der Waals surface area contributed by atoms with Crippen molar-refractivity contribution in [3.05, 3.63) is 114 Å². The molecule has 3 aromatic carbocycles. The molecule has 6 nitrogen and oxygen atoms in total. The van der Waals surface area contributed by atoms with Gasteiger partial charge in [0.2, 0.25) is 0 Å². The molecule has 0 fully saturated rings. The molecule has 0 radical (unpaired) electrons. The number of hydrogen-bond acceptors (Lipinski definition) is 5. The number of ether oxygens (including phenoxy) is 1. The highest BCUT2D eigenvalue weighted by atomic mass is 19.4. The largest absolute Gasteiger partial charge is 0.452 e. The van der Waals surface area contributed by atoms with E-state index in [-0.39, 0.29) is 5.69 Å². The summed E-state index contributed by atoms with van der Waals surface area (Å²) in [6, 6.07) is 23.9. The van der Waals surface area contributed by atoms with E-state index in [4.69, 9.17) is 4.74 Å². The fraction of sp³-hybridized carbons (Fsp3) is 0.0714. The summed E-state index contributed by atoms with van der Waals surface area (Å²) in [6.07, 6.45) is -0.725. The van der Waals surface area contributed by atoms with Crippen molar-refractivity contribution in [2.75, 3.05) is 11.6 Å². The number of halogens is 3. The van der Waals surface area contributed by atoms with Crippen LogP contribution in [0.4, 0.5) is 18.9 Å². The molecular formula is C28H20F3N3O3.